The maximum absolute atomic E-state index is 5.57. The Morgan fingerprint density at radius 2 is 1.88 bits per heavy atom. The standard InChI is InChI=1S/C13H24N2O/c1-2-13(6-9-16-8-1)15-7-5-11-3-4-12(10-15)14-11/h11-14H,1-10H2. The van der Waals surface area contributed by atoms with Crippen LogP contribution in [-0.4, -0.2) is 49.3 Å². The van der Waals surface area contributed by atoms with E-state index in [1.165, 1.54) is 51.6 Å². The summed E-state index contributed by atoms with van der Waals surface area (Å²) in [5.41, 5.74) is 0. The van der Waals surface area contributed by atoms with Gasteiger partial charge >= 0.3 is 0 Å². The average molecular weight is 224 g/mol. The SMILES string of the molecule is C1COCCC(N2CCC3CCC(C2)N3)C1. The number of likely N-dealkylation sites (tertiary alicyclic amines) is 1. The summed E-state index contributed by atoms with van der Waals surface area (Å²) in [6.07, 6.45) is 8.00. The molecule has 3 atom stereocenters. The van der Waals surface area contributed by atoms with Gasteiger partial charge in [0, 0.05) is 37.9 Å². The Hall–Kier alpha value is -0.120. The van der Waals surface area contributed by atoms with Crippen molar-refractivity contribution in [2.45, 2.75) is 56.7 Å². The van der Waals surface area contributed by atoms with Gasteiger partial charge in [-0.3, -0.25) is 4.90 Å². The largest absolute Gasteiger partial charge is 0.381 e. The second-order valence-corrected chi connectivity index (χ2v) is 5.62. The number of rotatable bonds is 1. The van der Waals surface area contributed by atoms with Crippen molar-refractivity contribution in [1.29, 1.82) is 0 Å². The molecular formula is C13H24N2O. The summed E-state index contributed by atoms with van der Waals surface area (Å²) in [6.45, 7) is 4.54. The van der Waals surface area contributed by atoms with E-state index in [0.717, 1.165) is 31.3 Å². The van der Waals surface area contributed by atoms with Crippen LogP contribution in [-0.2, 0) is 4.74 Å². The first-order valence-electron chi connectivity index (χ1n) is 6.99. The average Bonchev–Trinajstić information content (AvgIpc) is 2.52. The highest BCUT2D eigenvalue weighted by Gasteiger charge is 2.32. The summed E-state index contributed by atoms with van der Waals surface area (Å²) in [4.78, 5) is 2.74. The van der Waals surface area contributed by atoms with Gasteiger partial charge < -0.3 is 10.1 Å². The van der Waals surface area contributed by atoms with Crippen molar-refractivity contribution in [3.63, 3.8) is 0 Å². The number of nitrogens with zero attached hydrogens (tertiary/aromatic N) is 1. The molecular weight excluding hydrogens is 200 g/mol. The van der Waals surface area contributed by atoms with Crippen LogP contribution in [0.2, 0.25) is 0 Å². The molecule has 3 nitrogen and oxygen atoms in total. The molecule has 3 aliphatic heterocycles. The lowest BCUT2D eigenvalue weighted by Crippen LogP contribution is -2.41. The first kappa shape index (κ1) is 11.0. The summed E-state index contributed by atoms with van der Waals surface area (Å²) in [7, 11) is 0. The van der Waals surface area contributed by atoms with Crippen molar-refractivity contribution in [2.24, 2.45) is 0 Å². The molecule has 92 valence electrons. The summed E-state index contributed by atoms with van der Waals surface area (Å²) < 4.78 is 5.57. The van der Waals surface area contributed by atoms with Crippen LogP contribution in [0.4, 0.5) is 0 Å². The zero-order chi connectivity index (χ0) is 10.8. The molecule has 0 aromatic heterocycles. The lowest BCUT2D eigenvalue weighted by Gasteiger charge is -2.31. The number of fused-ring (bicyclic) bond motifs is 2. The first-order valence-corrected chi connectivity index (χ1v) is 6.99. The second-order valence-electron chi connectivity index (χ2n) is 5.62. The minimum atomic E-state index is 0.775. The van der Waals surface area contributed by atoms with Crippen LogP contribution in [0.5, 0.6) is 0 Å². The van der Waals surface area contributed by atoms with Crippen LogP contribution < -0.4 is 5.32 Å². The Labute approximate surface area is 98.5 Å². The van der Waals surface area contributed by atoms with Gasteiger partial charge in [0.05, 0.1) is 0 Å². The number of ether oxygens (including phenoxy) is 1. The highest BCUT2D eigenvalue weighted by molar-refractivity contribution is 4.91. The molecule has 3 saturated heterocycles. The molecule has 0 aromatic rings. The van der Waals surface area contributed by atoms with Gasteiger partial charge in [-0.05, 0) is 45.1 Å². The molecule has 3 unspecified atom stereocenters. The highest BCUT2D eigenvalue weighted by atomic mass is 16.5. The van der Waals surface area contributed by atoms with E-state index in [2.05, 4.69) is 10.2 Å². The van der Waals surface area contributed by atoms with Crippen LogP contribution >= 0.6 is 0 Å². The van der Waals surface area contributed by atoms with E-state index in [1.807, 2.05) is 0 Å². The Morgan fingerprint density at radius 1 is 0.938 bits per heavy atom. The van der Waals surface area contributed by atoms with Crippen LogP contribution in [0.3, 0.4) is 0 Å². The number of nitrogens with one attached hydrogen (secondary N) is 1. The monoisotopic (exact) mass is 224 g/mol. The molecule has 3 fully saturated rings. The Kier molecular flexibility index (Phi) is 3.46. The van der Waals surface area contributed by atoms with Gasteiger partial charge in [0.2, 0.25) is 0 Å². The minimum Gasteiger partial charge on any atom is -0.381 e. The van der Waals surface area contributed by atoms with Gasteiger partial charge in [0.25, 0.3) is 0 Å². The van der Waals surface area contributed by atoms with Crippen molar-refractivity contribution in [2.75, 3.05) is 26.3 Å². The smallest absolute Gasteiger partial charge is 0.0480 e. The summed E-state index contributed by atoms with van der Waals surface area (Å²) in [6, 6.07) is 2.39. The van der Waals surface area contributed by atoms with Crippen LogP contribution in [0.1, 0.15) is 38.5 Å². The van der Waals surface area contributed by atoms with Crippen molar-refractivity contribution in [3.05, 3.63) is 0 Å². The zero-order valence-corrected chi connectivity index (χ0v) is 10.2. The van der Waals surface area contributed by atoms with E-state index >= 15 is 0 Å². The third-order valence-corrected chi connectivity index (χ3v) is 4.49. The molecule has 0 aliphatic carbocycles. The minimum absolute atomic E-state index is 0.775. The summed E-state index contributed by atoms with van der Waals surface area (Å²) in [5, 5.41) is 3.76. The molecule has 0 amide bonds. The lowest BCUT2D eigenvalue weighted by molar-refractivity contribution is 0.127. The van der Waals surface area contributed by atoms with Gasteiger partial charge in [-0.1, -0.05) is 0 Å². The maximum Gasteiger partial charge on any atom is 0.0480 e. The maximum atomic E-state index is 5.57. The summed E-state index contributed by atoms with van der Waals surface area (Å²) in [5.74, 6) is 0. The normalized spacial score (nSPS) is 41.6. The fourth-order valence-corrected chi connectivity index (χ4v) is 3.55. The van der Waals surface area contributed by atoms with Gasteiger partial charge in [-0.2, -0.15) is 0 Å². The predicted octanol–water partition coefficient (Wildman–Crippen LogP) is 1.38. The summed E-state index contributed by atoms with van der Waals surface area (Å²) >= 11 is 0. The number of hydrogen-bond acceptors (Lipinski definition) is 3. The molecule has 1 N–H and O–H groups in total. The topological polar surface area (TPSA) is 24.5 Å². The van der Waals surface area contributed by atoms with Crippen molar-refractivity contribution in [3.8, 4) is 0 Å². The highest BCUT2D eigenvalue weighted by Crippen LogP contribution is 2.24. The van der Waals surface area contributed by atoms with Gasteiger partial charge in [0.15, 0.2) is 0 Å². The molecule has 0 aromatic carbocycles. The third-order valence-electron chi connectivity index (χ3n) is 4.49. The van der Waals surface area contributed by atoms with E-state index in [0.29, 0.717) is 0 Å². The van der Waals surface area contributed by atoms with E-state index in [4.69, 9.17) is 4.74 Å². The van der Waals surface area contributed by atoms with Crippen LogP contribution in [0.25, 0.3) is 0 Å². The predicted molar refractivity (Wildman–Crippen MR) is 64.6 cm³/mol. The van der Waals surface area contributed by atoms with Gasteiger partial charge in [0.1, 0.15) is 0 Å². The van der Waals surface area contributed by atoms with Crippen molar-refractivity contribution >= 4 is 0 Å². The molecule has 0 radical (unpaired) electrons. The molecule has 3 aliphatic rings. The van der Waals surface area contributed by atoms with E-state index in [1.54, 1.807) is 0 Å². The Bertz CT molecular complexity index is 226. The zero-order valence-electron chi connectivity index (χ0n) is 10.2. The molecule has 3 rings (SSSR count). The molecule has 3 heteroatoms. The van der Waals surface area contributed by atoms with E-state index < -0.39 is 0 Å². The second kappa shape index (κ2) is 5.03. The van der Waals surface area contributed by atoms with Crippen LogP contribution in [0.15, 0.2) is 0 Å². The Morgan fingerprint density at radius 3 is 2.88 bits per heavy atom. The van der Waals surface area contributed by atoms with Gasteiger partial charge in [-0.15, -0.1) is 0 Å². The van der Waals surface area contributed by atoms with E-state index in [-0.39, 0.29) is 0 Å². The fourth-order valence-electron chi connectivity index (χ4n) is 3.55. The lowest BCUT2D eigenvalue weighted by atomic mass is 10.0. The number of hydrogen-bond donors (Lipinski definition) is 1. The molecule has 2 bridgehead atoms. The van der Waals surface area contributed by atoms with Crippen molar-refractivity contribution in [1.82, 2.24) is 10.2 Å². The molecule has 3 heterocycles. The first-order chi connectivity index (χ1) is 7.92. The Balaban J connectivity index is 1.60. The fraction of sp³-hybridized carbons (Fsp3) is 1.00. The van der Waals surface area contributed by atoms with Crippen LogP contribution in [0, 0.1) is 0 Å². The molecule has 0 spiro atoms. The molecule has 0 saturated carbocycles. The van der Waals surface area contributed by atoms with Crippen molar-refractivity contribution < 1.29 is 4.74 Å². The van der Waals surface area contributed by atoms with Gasteiger partial charge in [-0.25, -0.2) is 0 Å². The van der Waals surface area contributed by atoms with E-state index in [9.17, 15) is 0 Å². The molecule has 16 heavy (non-hydrogen) atoms. The quantitative estimate of drug-likeness (QED) is 0.728. The third kappa shape index (κ3) is 2.41.